The molecule has 1 aromatic rings. The predicted molar refractivity (Wildman–Crippen MR) is 56.0 cm³/mol. The highest BCUT2D eigenvalue weighted by molar-refractivity contribution is 4.86. The van der Waals surface area contributed by atoms with Crippen LogP contribution in [0, 0.1) is 0 Å². The molecule has 0 unspecified atom stereocenters. The van der Waals surface area contributed by atoms with Gasteiger partial charge in [0.15, 0.2) is 6.39 Å². The Bertz CT molecular complexity index is 219. The molecule has 1 aromatic heterocycles. The predicted octanol–water partition coefficient (Wildman–Crippen LogP) is 1.11. The first-order valence-electron chi connectivity index (χ1n) is 5.17. The quantitative estimate of drug-likeness (QED) is 0.665. The third-order valence-electron chi connectivity index (χ3n) is 2.28. The van der Waals surface area contributed by atoms with E-state index in [2.05, 4.69) is 29.0 Å². The molecule has 0 aliphatic carbocycles. The van der Waals surface area contributed by atoms with E-state index >= 15 is 0 Å². The second kappa shape index (κ2) is 6.56. The van der Waals surface area contributed by atoms with Crippen molar-refractivity contribution in [3.8, 4) is 0 Å². The van der Waals surface area contributed by atoms with Crippen LogP contribution in [0.15, 0.2) is 17.0 Å². The molecule has 4 nitrogen and oxygen atoms in total. The molecule has 0 bridgehead atoms. The molecular weight excluding hydrogens is 178 g/mol. The van der Waals surface area contributed by atoms with E-state index in [0.29, 0.717) is 0 Å². The highest BCUT2D eigenvalue weighted by Gasteiger charge is 1.98. The molecule has 0 radical (unpaired) electrons. The van der Waals surface area contributed by atoms with Gasteiger partial charge >= 0.3 is 0 Å². The first-order valence-corrected chi connectivity index (χ1v) is 5.17. The minimum atomic E-state index is 0.765. The summed E-state index contributed by atoms with van der Waals surface area (Å²) in [4.78, 5) is 6.23. The van der Waals surface area contributed by atoms with Gasteiger partial charge in [-0.3, -0.25) is 0 Å². The fourth-order valence-electron chi connectivity index (χ4n) is 1.32. The first-order chi connectivity index (χ1) is 6.86. The number of rotatable bonds is 7. The minimum Gasteiger partial charge on any atom is -0.447 e. The fourth-order valence-corrected chi connectivity index (χ4v) is 1.32. The Balaban J connectivity index is 2.04. The van der Waals surface area contributed by atoms with Crippen LogP contribution in [0.25, 0.3) is 0 Å². The van der Waals surface area contributed by atoms with Crippen molar-refractivity contribution < 1.29 is 4.42 Å². The van der Waals surface area contributed by atoms with Gasteiger partial charge in [0.05, 0.1) is 12.7 Å². The summed E-state index contributed by atoms with van der Waals surface area (Å²) < 4.78 is 5.11. The number of nitrogens with one attached hydrogen (secondary N) is 1. The van der Waals surface area contributed by atoms with Gasteiger partial charge in [-0.2, -0.15) is 0 Å². The highest BCUT2D eigenvalue weighted by Crippen LogP contribution is 1.94. The Hall–Kier alpha value is -0.870. The highest BCUT2D eigenvalue weighted by atomic mass is 16.3. The van der Waals surface area contributed by atoms with Gasteiger partial charge in [0.2, 0.25) is 0 Å². The zero-order chi connectivity index (χ0) is 10.2. The SMILES string of the molecule is CCN(CC)CCNCc1cnco1. The molecule has 1 heterocycles. The standard InChI is InChI=1S/C10H19N3O/c1-3-13(4-2)6-5-11-7-10-8-12-9-14-10/h8-9,11H,3-7H2,1-2H3. The molecule has 0 aliphatic heterocycles. The van der Waals surface area contributed by atoms with Crippen molar-refractivity contribution in [1.29, 1.82) is 0 Å². The monoisotopic (exact) mass is 197 g/mol. The minimum absolute atomic E-state index is 0.765. The van der Waals surface area contributed by atoms with E-state index in [1.807, 2.05) is 0 Å². The summed E-state index contributed by atoms with van der Waals surface area (Å²) in [5.41, 5.74) is 0. The van der Waals surface area contributed by atoms with Gasteiger partial charge in [0.25, 0.3) is 0 Å². The van der Waals surface area contributed by atoms with Crippen molar-refractivity contribution in [3.05, 3.63) is 18.4 Å². The van der Waals surface area contributed by atoms with E-state index in [1.165, 1.54) is 6.39 Å². The van der Waals surface area contributed by atoms with E-state index in [4.69, 9.17) is 4.42 Å². The zero-order valence-electron chi connectivity index (χ0n) is 8.99. The van der Waals surface area contributed by atoms with Crippen LogP contribution in [0.1, 0.15) is 19.6 Å². The van der Waals surface area contributed by atoms with Gasteiger partial charge in [0, 0.05) is 13.1 Å². The molecule has 0 saturated heterocycles. The van der Waals surface area contributed by atoms with Gasteiger partial charge < -0.3 is 14.6 Å². The van der Waals surface area contributed by atoms with Gasteiger partial charge in [-0.15, -0.1) is 0 Å². The van der Waals surface area contributed by atoms with Crippen molar-refractivity contribution in [2.75, 3.05) is 26.2 Å². The Morgan fingerprint density at radius 1 is 1.43 bits per heavy atom. The largest absolute Gasteiger partial charge is 0.447 e. The van der Waals surface area contributed by atoms with E-state index in [9.17, 15) is 0 Å². The molecule has 0 spiro atoms. The van der Waals surface area contributed by atoms with Crippen LogP contribution >= 0.6 is 0 Å². The Labute approximate surface area is 85.3 Å². The summed E-state index contributed by atoms with van der Waals surface area (Å²) in [5, 5.41) is 3.31. The maximum absolute atomic E-state index is 5.11. The summed E-state index contributed by atoms with van der Waals surface area (Å²) in [7, 11) is 0. The normalized spacial score (nSPS) is 11.1. The van der Waals surface area contributed by atoms with E-state index in [-0.39, 0.29) is 0 Å². The molecule has 0 aliphatic rings. The molecule has 4 heteroatoms. The van der Waals surface area contributed by atoms with E-state index < -0.39 is 0 Å². The molecule has 1 N–H and O–H groups in total. The zero-order valence-corrected chi connectivity index (χ0v) is 8.99. The molecule has 0 fully saturated rings. The number of aromatic nitrogens is 1. The van der Waals surface area contributed by atoms with Gasteiger partial charge in [0.1, 0.15) is 5.76 Å². The van der Waals surface area contributed by atoms with Crippen LogP contribution in [0.4, 0.5) is 0 Å². The van der Waals surface area contributed by atoms with Gasteiger partial charge in [-0.05, 0) is 13.1 Å². The maximum Gasteiger partial charge on any atom is 0.180 e. The first kappa shape index (κ1) is 11.2. The average molecular weight is 197 g/mol. The van der Waals surface area contributed by atoms with Crippen LogP contribution in [-0.2, 0) is 6.54 Å². The Morgan fingerprint density at radius 3 is 2.79 bits per heavy atom. The molecular formula is C10H19N3O. The van der Waals surface area contributed by atoms with Crippen molar-refractivity contribution in [2.45, 2.75) is 20.4 Å². The molecule has 0 aromatic carbocycles. The maximum atomic E-state index is 5.11. The lowest BCUT2D eigenvalue weighted by atomic mass is 10.4. The summed E-state index contributed by atoms with van der Waals surface area (Å²) in [6.07, 6.45) is 3.20. The lowest BCUT2D eigenvalue weighted by Crippen LogP contribution is -2.31. The lowest BCUT2D eigenvalue weighted by Gasteiger charge is -2.17. The van der Waals surface area contributed by atoms with Gasteiger partial charge in [-0.25, -0.2) is 4.98 Å². The van der Waals surface area contributed by atoms with Crippen LogP contribution in [0.2, 0.25) is 0 Å². The van der Waals surface area contributed by atoms with Crippen LogP contribution in [-0.4, -0.2) is 36.1 Å². The van der Waals surface area contributed by atoms with Crippen LogP contribution in [0.5, 0.6) is 0 Å². The van der Waals surface area contributed by atoms with Crippen LogP contribution in [0.3, 0.4) is 0 Å². The van der Waals surface area contributed by atoms with Crippen molar-refractivity contribution in [2.24, 2.45) is 0 Å². The Kier molecular flexibility index (Phi) is 5.25. The summed E-state index contributed by atoms with van der Waals surface area (Å²) in [5.74, 6) is 0.893. The topological polar surface area (TPSA) is 41.3 Å². The van der Waals surface area contributed by atoms with Crippen molar-refractivity contribution >= 4 is 0 Å². The molecule has 1 rings (SSSR count). The molecule has 14 heavy (non-hydrogen) atoms. The average Bonchev–Trinajstić information content (AvgIpc) is 2.71. The summed E-state index contributed by atoms with van der Waals surface area (Å²) in [6.45, 7) is 9.42. The summed E-state index contributed by atoms with van der Waals surface area (Å²) >= 11 is 0. The molecule has 0 amide bonds. The number of hydrogen-bond donors (Lipinski definition) is 1. The Morgan fingerprint density at radius 2 is 2.21 bits per heavy atom. The molecule has 80 valence electrons. The van der Waals surface area contributed by atoms with E-state index in [1.54, 1.807) is 6.20 Å². The number of hydrogen-bond acceptors (Lipinski definition) is 4. The van der Waals surface area contributed by atoms with Gasteiger partial charge in [-0.1, -0.05) is 13.8 Å². The smallest absolute Gasteiger partial charge is 0.180 e. The molecule has 0 atom stereocenters. The summed E-state index contributed by atoms with van der Waals surface area (Å²) in [6, 6.07) is 0. The van der Waals surface area contributed by atoms with E-state index in [0.717, 1.165) is 38.5 Å². The lowest BCUT2D eigenvalue weighted by molar-refractivity contribution is 0.300. The number of nitrogens with zero attached hydrogens (tertiary/aromatic N) is 2. The third kappa shape index (κ3) is 3.89. The third-order valence-corrected chi connectivity index (χ3v) is 2.28. The van der Waals surface area contributed by atoms with Crippen molar-refractivity contribution in [1.82, 2.24) is 15.2 Å². The second-order valence-corrected chi connectivity index (χ2v) is 3.17. The number of oxazole rings is 1. The van der Waals surface area contributed by atoms with Crippen LogP contribution < -0.4 is 5.32 Å². The molecule has 0 saturated carbocycles. The fraction of sp³-hybridized carbons (Fsp3) is 0.700. The second-order valence-electron chi connectivity index (χ2n) is 3.17. The van der Waals surface area contributed by atoms with Crippen molar-refractivity contribution in [3.63, 3.8) is 0 Å². The number of likely N-dealkylation sites (N-methyl/N-ethyl adjacent to an activating group) is 1.